The van der Waals surface area contributed by atoms with Gasteiger partial charge in [-0.1, -0.05) is 38.1 Å². The quantitative estimate of drug-likeness (QED) is 0.793. The van der Waals surface area contributed by atoms with Crippen molar-refractivity contribution in [2.45, 2.75) is 26.4 Å². The Labute approximate surface area is 82.4 Å². The van der Waals surface area contributed by atoms with Crippen molar-refractivity contribution in [2.24, 2.45) is 5.92 Å². The van der Waals surface area contributed by atoms with Crippen molar-refractivity contribution in [1.29, 1.82) is 0 Å². The summed E-state index contributed by atoms with van der Waals surface area (Å²) in [6, 6.07) is 5.80. The summed E-state index contributed by atoms with van der Waals surface area (Å²) >= 11 is 0. The SMILES string of the molecule is CC(C)C(O)c1ccc(C(F)F)cc1. The fourth-order valence-electron chi connectivity index (χ4n) is 1.22. The number of alkyl halides is 2. The van der Waals surface area contributed by atoms with E-state index >= 15 is 0 Å². The van der Waals surface area contributed by atoms with Crippen LogP contribution in [0.15, 0.2) is 24.3 Å². The molecule has 0 aliphatic heterocycles. The molecule has 1 unspecified atom stereocenters. The molecule has 1 N–H and O–H groups in total. The molecule has 0 fully saturated rings. The van der Waals surface area contributed by atoms with E-state index in [0.29, 0.717) is 5.56 Å². The highest BCUT2D eigenvalue weighted by molar-refractivity contribution is 5.25. The van der Waals surface area contributed by atoms with Gasteiger partial charge in [-0.2, -0.15) is 0 Å². The molecule has 0 aliphatic rings. The van der Waals surface area contributed by atoms with E-state index in [9.17, 15) is 13.9 Å². The van der Waals surface area contributed by atoms with E-state index in [1.807, 2.05) is 13.8 Å². The molecule has 0 saturated carbocycles. The van der Waals surface area contributed by atoms with Crippen LogP contribution in [0.25, 0.3) is 0 Å². The van der Waals surface area contributed by atoms with Crippen molar-refractivity contribution in [3.63, 3.8) is 0 Å². The topological polar surface area (TPSA) is 20.2 Å². The zero-order valence-corrected chi connectivity index (χ0v) is 8.24. The molecule has 0 amide bonds. The number of hydrogen-bond donors (Lipinski definition) is 1. The van der Waals surface area contributed by atoms with Gasteiger partial charge < -0.3 is 5.11 Å². The van der Waals surface area contributed by atoms with E-state index in [1.54, 1.807) is 12.1 Å². The second-order valence-corrected chi connectivity index (χ2v) is 3.66. The predicted octanol–water partition coefficient (Wildman–Crippen LogP) is 3.31. The molecule has 78 valence electrons. The maximum absolute atomic E-state index is 12.2. The van der Waals surface area contributed by atoms with Crippen molar-refractivity contribution in [3.8, 4) is 0 Å². The number of benzene rings is 1. The molecular formula is C11H14F2O. The summed E-state index contributed by atoms with van der Waals surface area (Å²) in [4.78, 5) is 0. The van der Waals surface area contributed by atoms with Crippen LogP contribution in [-0.4, -0.2) is 5.11 Å². The van der Waals surface area contributed by atoms with Crippen LogP contribution in [-0.2, 0) is 0 Å². The lowest BCUT2D eigenvalue weighted by atomic mass is 9.98. The Morgan fingerprint density at radius 2 is 1.43 bits per heavy atom. The molecule has 0 saturated heterocycles. The second-order valence-electron chi connectivity index (χ2n) is 3.66. The van der Waals surface area contributed by atoms with Gasteiger partial charge in [-0.25, -0.2) is 8.78 Å². The maximum Gasteiger partial charge on any atom is 0.263 e. The van der Waals surface area contributed by atoms with Crippen molar-refractivity contribution in [1.82, 2.24) is 0 Å². The summed E-state index contributed by atoms with van der Waals surface area (Å²) in [5.74, 6) is 0.0902. The van der Waals surface area contributed by atoms with Gasteiger partial charge in [0.1, 0.15) is 0 Å². The summed E-state index contributed by atoms with van der Waals surface area (Å²) in [5.41, 5.74) is 0.675. The Bertz CT molecular complexity index is 280. The smallest absolute Gasteiger partial charge is 0.263 e. The summed E-state index contributed by atoms with van der Waals surface area (Å²) in [5, 5.41) is 9.64. The van der Waals surface area contributed by atoms with Gasteiger partial charge in [0, 0.05) is 5.56 Å². The zero-order chi connectivity index (χ0) is 10.7. The Morgan fingerprint density at radius 3 is 1.79 bits per heavy atom. The molecule has 1 rings (SSSR count). The molecule has 0 aromatic heterocycles. The highest BCUT2D eigenvalue weighted by Crippen LogP contribution is 2.24. The van der Waals surface area contributed by atoms with Crippen LogP contribution in [0.4, 0.5) is 8.78 Å². The number of rotatable bonds is 3. The normalized spacial score (nSPS) is 13.6. The Morgan fingerprint density at radius 1 is 1.00 bits per heavy atom. The Balaban J connectivity index is 2.83. The van der Waals surface area contributed by atoms with E-state index in [1.165, 1.54) is 12.1 Å². The van der Waals surface area contributed by atoms with Crippen molar-refractivity contribution in [3.05, 3.63) is 35.4 Å². The minimum absolute atomic E-state index is 0.00953. The maximum atomic E-state index is 12.2. The van der Waals surface area contributed by atoms with Crippen LogP contribution < -0.4 is 0 Å². The summed E-state index contributed by atoms with van der Waals surface area (Å²) in [6.07, 6.45) is -3.03. The van der Waals surface area contributed by atoms with Crippen LogP contribution >= 0.6 is 0 Å². The fourth-order valence-corrected chi connectivity index (χ4v) is 1.22. The van der Waals surface area contributed by atoms with E-state index in [-0.39, 0.29) is 11.5 Å². The second kappa shape index (κ2) is 4.51. The lowest BCUT2D eigenvalue weighted by Crippen LogP contribution is -2.05. The standard InChI is InChI=1S/C11H14F2O/c1-7(2)10(14)8-3-5-9(6-4-8)11(12)13/h3-7,10-11,14H,1-2H3. The third-order valence-corrected chi connectivity index (χ3v) is 2.16. The first-order valence-electron chi connectivity index (χ1n) is 4.58. The highest BCUT2D eigenvalue weighted by atomic mass is 19.3. The molecule has 0 bridgehead atoms. The Hall–Kier alpha value is -0.960. The van der Waals surface area contributed by atoms with Crippen LogP contribution in [0.2, 0.25) is 0 Å². The number of hydrogen-bond acceptors (Lipinski definition) is 1. The van der Waals surface area contributed by atoms with Gasteiger partial charge in [0.2, 0.25) is 0 Å². The van der Waals surface area contributed by atoms with Crippen molar-refractivity contribution >= 4 is 0 Å². The van der Waals surface area contributed by atoms with Crippen LogP contribution in [0, 0.1) is 5.92 Å². The molecule has 1 aromatic carbocycles. The Kier molecular flexibility index (Phi) is 3.58. The van der Waals surface area contributed by atoms with Crippen LogP contribution in [0.5, 0.6) is 0 Å². The first kappa shape index (κ1) is 11.1. The van der Waals surface area contributed by atoms with Crippen LogP contribution in [0.1, 0.15) is 37.5 Å². The molecule has 14 heavy (non-hydrogen) atoms. The summed E-state index contributed by atoms with van der Waals surface area (Å²) in [6.45, 7) is 3.76. The minimum atomic E-state index is -2.44. The van der Waals surface area contributed by atoms with Gasteiger partial charge in [-0.05, 0) is 11.5 Å². The highest BCUT2D eigenvalue weighted by Gasteiger charge is 2.13. The predicted molar refractivity (Wildman–Crippen MR) is 51.2 cm³/mol. The van der Waals surface area contributed by atoms with Gasteiger partial charge in [-0.15, -0.1) is 0 Å². The van der Waals surface area contributed by atoms with Crippen LogP contribution in [0.3, 0.4) is 0 Å². The number of aliphatic hydroxyl groups excluding tert-OH is 1. The van der Waals surface area contributed by atoms with Gasteiger partial charge in [0.25, 0.3) is 6.43 Å². The number of aliphatic hydroxyl groups is 1. The van der Waals surface area contributed by atoms with Gasteiger partial charge >= 0.3 is 0 Å². The summed E-state index contributed by atoms with van der Waals surface area (Å²) < 4.78 is 24.4. The van der Waals surface area contributed by atoms with E-state index in [0.717, 1.165) is 0 Å². The first-order chi connectivity index (χ1) is 6.52. The minimum Gasteiger partial charge on any atom is -0.388 e. The lowest BCUT2D eigenvalue weighted by molar-refractivity contribution is 0.126. The third kappa shape index (κ3) is 2.51. The van der Waals surface area contributed by atoms with Gasteiger partial charge in [0.15, 0.2) is 0 Å². The summed E-state index contributed by atoms with van der Waals surface area (Å²) in [7, 11) is 0. The number of halogens is 2. The van der Waals surface area contributed by atoms with Gasteiger partial charge in [-0.3, -0.25) is 0 Å². The third-order valence-electron chi connectivity index (χ3n) is 2.16. The zero-order valence-electron chi connectivity index (χ0n) is 8.24. The molecule has 1 aromatic rings. The molecular weight excluding hydrogens is 186 g/mol. The molecule has 1 atom stereocenters. The van der Waals surface area contributed by atoms with Crippen molar-refractivity contribution in [2.75, 3.05) is 0 Å². The molecule has 0 radical (unpaired) electrons. The monoisotopic (exact) mass is 200 g/mol. The molecule has 1 nitrogen and oxygen atoms in total. The van der Waals surface area contributed by atoms with E-state index in [2.05, 4.69) is 0 Å². The molecule has 0 heterocycles. The average molecular weight is 200 g/mol. The first-order valence-corrected chi connectivity index (χ1v) is 4.58. The fraction of sp³-hybridized carbons (Fsp3) is 0.455. The van der Waals surface area contributed by atoms with Gasteiger partial charge in [0.05, 0.1) is 6.10 Å². The van der Waals surface area contributed by atoms with Crippen molar-refractivity contribution < 1.29 is 13.9 Å². The molecule has 3 heteroatoms. The largest absolute Gasteiger partial charge is 0.388 e. The van der Waals surface area contributed by atoms with E-state index < -0.39 is 12.5 Å². The lowest BCUT2D eigenvalue weighted by Gasteiger charge is -2.14. The van der Waals surface area contributed by atoms with E-state index in [4.69, 9.17) is 0 Å². The average Bonchev–Trinajstić information content (AvgIpc) is 2.16. The molecule has 0 spiro atoms. The molecule has 0 aliphatic carbocycles.